The maximum Gasteiger partial charge on any atom is 0.177 e. The molecule has 2 heterocycles. The fraction of sp³-hybridized carbons (Fsp3) is 0.533. The molecule has 0 amide bonds. The minimum atomic E-state index is 0.0279. The van der Waals surface area contributed by atoms with Gasteiger partial charge in [0.1, 0.15) is 5.69 Å². The maximum atomic E-state index is 4.43. The lowest BCUT2D eigenvalue weighted by Crippen LogP contribution is -2.12. The number of rotatable bonds is 1. The lowest BCUT2D eigenvalue weighted by Gasteiger charge is -2.17. The number of nitrogens with one attached hydrogen (secondary N) is 1. The van der Waals surface area contributed by atoms with Crippen LogP contribution in [0.1, 0.15) is 52.8 Å². The van der Waals surface area contributed by atoms with Crippen LogP contribution in [0.4, 0.5) is 0 Å². The zero-order valence-electron chi connectivity index (χ0n) is 12.6. The van der Waals surface area contributed by atoms with E-state index >= 15 is 0 Å². The van der Waals surface area contributed by atoms with E-state index in [9.17, 15) is 0 Å². The van der Waals surface area contributed by atoms with E-state index in [2.05, 4.69) is 61.7 Å². The van der Waals surface area contributed by atoms with Crippen LogP contribution < -0.4 is 0 Å². The first kappa shape index (κ1) is 13.7. The van der Waals surface area contributed by atoms with Crippen LogP contribution in [0.25, 0.3) is 11.5 Å². The third-order valence-electron chi connectivity index (χ3n) is 3.11. The second-order valence-corrected chi connectivity index (χ2v) is 6.96. The molecule has 102 valence electrons. The summed E-state index contributed by atoms with van der Waals surface area (Å²) < 4.78 is 0. The van der Waals surface area contributed by atoms with Gasteiger partial charge in [-0.3, -0.25) is 5.10 Å². The van der Waals surface area contributed by atoms with E-state index in [4.69, 9.17) is 0 Å². The van der Waals surface area contributed by atoms with E-state index in [1.54, 1.807) is 0 Å². The fourth-order valence-electron chi connectivity index (χ4n) is 1.67. The highest BCUT2D eigenvalue weighted by Gasteiger charge is 2.19. The van der Waals surface area contributed by atoms with Gasteiger partial charge in [-0.05, 0) is 17.0 Å². The van der Waals surface area contributed by atoms with Crippen molar-refractivity contribution in [1.82, 2.24) is 20.2 Å². The largest absolute Gasteiger partial charge is 0.274 e. The molecule has 0 spiro atoms. The lowest BCUT2D eigenvalue weighted by atomic mass is 9.89. The zero-order valence-corrected chi connectivity index (χ0v) is 12.6. The van der Waals surface area contributed by atoms with E-state index in [1.165, 1.54) is 0 Å². The normalized spacial score (nSPS) is 12.7. The summed E-state index contributed by atoms with van der Waals surface area (Å²) in [5.41, 5.74) is 3.12. The van der Waals surface area contributed by atoms with Crippen molar-refractivity contribution >= 4 is 0 Å². The molecule has 0 saturated carbocycles. The monoisotopic (exact) mass is 258 g/mol. The summed E-state index contributed by atoms with van der Waals surface area (Å²) in [7, 11) is 0. The number of hydrogen-bond donors (Lipinski definition) is 1. The Morgan fingerprint density at radius 2 is 1.47 bits per heavy atom. The molecule has 0 bridgehead atoms. The predicted molar refractivity (Wildman–Crippen MR) is 77.0 cm³/mol. The van der Waals surface area contributed by atoms with Gasteiger partial charge in [-0.15, -0.1) is 0 Å². The Labute approximate surface area is 114 Å². The molecule has 0 saturated heterocycles. The van der Waals surface area contributed by atoms with Crippen molar-refractivity contribution in [3.63, 3.8) is 0 Å². The molecule has 19 heavy (non-hydrogen) atoms. The van der Waals surface area contributed by atoms with E-state index in [-0.39, 0.29) is 10.8 Å². The van der Waals surface area contributed by atoms with Crippen LogP contribution in [0.2, 0.25) is 0 Å². The topological polar surface area (TPSA) is 54.5 Å². The highest BCUT2D eigenvalue weighted by molar-refractivity contribution is 5.49. The summed E-state index contributed by atoms with van der Waals surface area (Å²) in [5, 5.41) is 7.34. The Hall–Kier alpha value is -1.71. The Kier molecular flexibility index (Phi) is 3.20. The fourth-order valence-corrected chi connectivity index (χ4v) is 1.67. The van der Waals surface area contributed by atoms with Crippen molar-refractivity contribution in [2.75, 3.05) is 0 Å². The van der Waals surface area contributed by atoms with Gasteiger partial charge >= 0.3 is 0 Å². The summed E-state index contributed by atoms with van der Waals surface area (Å²) >= 11 is 0. The summed E-state index contributed by atoms with van der Waals surface area (Å²) in [5.74, 6) is 0.691. The van der Waals surface area contributed by atoms with Crippen LogP contribution >= 0.6 is 0 Å². The van der Waals surface area contributed by atoms with E-state index in [1.807, 2.05) is 18.5 Å². The van der Waals surface area contributed by atoms with Crippen LogP contribution in [-0.4, -0.2) is 20.2 Å². The number of aromatic amines is 1. The van der Waals surface area contributed by atoms with Gasteiger partial charge < -0.3 is 0 Å². The van der Waals surface area contributed by atoms with Crippen molar-refractivity contribution in [2.24, 2.45) is 0 Å². The summed E-state index contributed by atoms with van der Waals surface area (Å²) in [4.78, 5) is 8.86. The average molecular weight is 258 g/mol. The Morgan fingerprint density at radius 1 is 0.895 bits per heavy atom. The highest BCUT2D eigenvalue weighted by Crippen LogP contribution is 2.25. The molecule has 4 heteroatoms. The van der Waals surface area contributed by atoms with Crippen molar-refractivity contribution in [3.05, 3.63) is 29.7 Å². The first-order chi connectivity index (χ1) is 8.68. The van der Waals surface area contributed by atoms with Gasteiger partial charge in [0.05, 0.1) is 5.69 Å². The van der Waals surface area contributed by atoms with E-state index < -0.39 is 0 Å². The van der Waals surface area contributed by atoms with Gasteiger partial charge in [0.2, 0.25) is 0 Å². The molecule has 2 rings (SSSR count). The van der Waals surface area contributed by atoms with Crippen LogP contribution in [0.5, 0.6) is 0 Å². The van der Waals surface area contributed by atoms with Crippen LogP contribution in [0, 0.1) is 0 Å². The van der Waals surface area contributed by atoms with Gasteiger partial charge in [0, 0.05) is 17.8 Å². The molecule has 4 nitrogen and oxygen atoms in total. The molecule has 2 aromatic heterocycles. The Morgan fingerprint density at radius 3 is 1.89 bits per heavy atom. The van der Waals surface area contributed by atoms with Crippen molar-refractivity contribution in [1.29, 1.82) is 0 Å². The summed E-state index contributed by atoms with van der Waals surface area (Å²) in [6.07, 6.45) is 3.78. The number of hydrogen-bond acceptors (Lipinski definition) is 3. The predicted octanol–water partition coefficient (Wildman–Crippen LogP) is 3.46. The second kappa shape index (κ2) is 4.44. The minimum absolute atomic E-state index is 0.0279. The smallest absolute Gasteiger partial charge is 0.177 e. The molecule has 0 aliphatic rings. The maximum absolute atomic E-state index is 4.43. The molecule has 0 atom stereocenters. The van der Waals surface area contributed by atoms with Gasteiger partial charge in [-0.2, -0.15) is 5.10 Å². The summed E-state index contributed by atoms with van der Waals surface area (Å²) in [6.45, 7) is 12.9. The molecule has 2 aromatic rings. The Bertz CT molecular complexity index is 553. The molecule has 0 aromatic carbocycles. The van der Waals surface area contributed by atoms with Crippen molar-refractivity contribution < 1.29 is 0 Å². The van der Waals surface area contributed by atoms with Crippen molar-refractivity contribution in [2.45, 2.75) is 52.4 Å². The van der Waals surface area contributed by atoms with Gasteiger partial charge in [0.15, 0.2) is 5.82 Å². The van der Waals surface area contributed by atoms with Crippen molar-refractivity contribution in [3.8, 4) is 11.5 Å². The molecule has 0 fully saturated rings. The Balaban J connectivity index is 2.31. The average Bonchev–Trinajstić information content (AvgIpc) is 2.77. The molecular formula is C15H22N4. The quantitative estimate of drug-likeness (QED) is 0.852. The van der Waals surface area contributed by atoms with Gasteiger partial charge in [-0.1, -0.05) is 41.5 Å². The molecule has 0 aliphatic heterocycles. The SMILES string of the molecule is CC(C)(C)c1cnc(-c2cc(C(C)(C)C)n[nH]2)nc1. The van der Waals surface area contributed by atoms with Crippen LogP contribution in [0.3, 0.4) is 0 Å². The van der Waals surface area contributed by atoms with Crippen LogP contribution in [-0.2, 0) is 10.8 Å². The van der Waals surface area contributed by atoms with Gasteiger partial charge in [0.25, 0.3) is 0 Å². The molecule has 0 unspecified atom stereocenters. The second-order valence-electron chi connectivity index (χ2n) is 6.96. The molecule has 1 N–H and O–H groups in total. The first-order valence-electron chi connectivity index (χ1n) is 6.57. The summed E-state index contributed by atoms with van der Waals surface area (Å²) in [6, 6.07) is 2.02. The third kappa shape index (κ3) is 3.00. The minimum Gasteiger partial charge on any atom is -0.274 e. The number of aromatic nitrogens is 4. The zero-order chi connectivity index (χ0) is 14.3. The third-order valence-corrected chi connectivity index (χ3v) is 3.11. The molecule has 0 radical (unpaired) electrons. The number of nitrogens with zero attached hydrogens (tertiary/aromatic N) is 3. The van der Waals surface area contributed by atoms with E-state index in [0.717, 1.165) is 17.0 Å². The van der Waals surface area contributed by atoms with Crippen LogP contribution in [0.15, 0.2) is 18.5 Å². The first-order valence-corrected chi connectivity index (χ1v) is 6.57. The highest BCUT2D eigenvalue weighted by atomic mass is 15.1. The van der Waals surface area contributed by atoms with Gasteiger partial charge in [-0.25, -0.2) is 9.97 Å². The number of H-pyrrole nitrogens is 1. The molecule has 0 aliphatic carbocycles. The molecular weight excluding hydrogens is 236 g/mol. The standard InChI is InChI=1S/C15H22N4/c1-14(2,3)10-8-16-13(17-9-10)11-7-12(19-18-11)15(4,5)6/h7-9H,1-6H3,(H,18,19). The lowest BCUT2D eigenvalue weighted by molar-refractivity contribution is 0.567. The van der Waals surface area contributed by atoms with E-state index in [0.29, 0.717) is 5.82 Å².